The molecule has 12 heavy (non-hydrogen) atoms. The van der Waals surface area contributed by atoms with Crippen LogP contribution in [-0.2, 0) is 4.79 Å². The zero-order chi connectivity index (χ0) is 8.97. The molecule has 61 valence electrons. The highest BCUT2D eigenvalue weighted by Crippen LogP contribution is 2.12. The average molecular weight is 181 g/mol. The summed E-state index contributed by atoms with van der Waals surface area (Å²) in [6.07, 6.45) is 1.20. The van der Waals surface area contributed by atoms with E-state index < -0.39 is 0 Å². The van der Waals surface area contributed by atoms with Gasteiger partial charge in [0.15, 0.2) is 0 Å². The highest BCUT2D eigenvalue weighted by molar-refractivity contribution is 6.30. The lowest BCUT2D eigenvalue weighted by Crippen LogP contribution is -2.06. The minimum Gasteiger partial charge on any atom is -0.323 e. The van der Waals surface area contributed by atoms with E-state index in [2.05, 4.69) is 18.0 Å². The molecule has 0 aliphatic carbocycles. The molecule has 3 heteroatoms. The minimum absolute atomic E-state index is 0.245. The van der Waals surface area contributed by atoms with Gasteiger partial charge in [0.1, 0.15) is 0 Å². The quantitative estimate of drug-likeness (QED) is 0.695. The maximum atomic E-state index is 10.8. The Kier molecular flexibility index (Phi) is 2.88. The topological polar surface area (TPSA) is 29.1 Å². The monoisotopic (exact) mass is 180 g/mol. The van der Waals surface area contributed by atoms with Crippen molar-refractivity contribution in [3.8, 4) is 0 Å². The third-order valence-electron chi connectivity index (χ3n) is 1.23. The molecule has 0 heterocycles. The van der Waals surface area contributed by atoms with E-state index >= 15 is 0 Å². The normalized spacial score (nSPS) is 9.08. The van der Waals surface area contributed by atoms with Gasteiger partial charge in [-0.05, 0) is 24.3 Å². The molecule has 1 aromatic rings. The number of carbonyl (C=O) groups is 1. The number of nitrogens with one attached hydrogen (secondary N) is 1. The molecule has 1 aromatic carbocycles. The van der Waals surface area contributed by atoms with Crippen molar-refractivity contribution < 1.29 is 4.79 Å². The van der Waals surface area contributed by atoms with E-state index in [1.807, 2.05) is 0 Å². The molecule has 1 amide bonds. The molecule has 0 fully saturated rings. The van der Waals surface area contributed by atoms with Crippen LogP contribution in [0, 0.1) is 6.07 Å². The zero-order valence-corrected chi connectivity index (χ0v) is 7.06. The molecule has 0 bridgehead atoms. The van der Waals surface area contributed by atoms with Gasteiger partial charge in [0.2, 0.25) is 5.91 Å². The summed E-state index contributed by atoms with van der Waals surface area (Å²) in [7, 11) is 0. The Morgan fingerprint density at radius 2 is 2.42 bits per heavy atom. The van der Waals surface area contributed by atoms with E-state index in [9.17, 15) is 4.79 Å². The van der Waals surface area contributed by atoms with E-state index in [1.165, 1.54) is 6.08 Å². The summed E-state index contributed by atoms with van der Waals surface area (Å²) in [5.74, 6) is -0.245. The van der Waals surface area contributed by atoms with Crippen LogP contribution in [-0.4, -0.2) is 5.91 Å². The summed E-state index contributed by atoms with van der Waals surface area (Å²) in [4.78, 5) is 10.8. The molecule has 0 aliphatic rings. The van der Waals surface area contributed by atoms with E-state index in [1.54, 1.807) is 18.2 Å². The van der Waals surface area contributed by atoms with Crippen molar-refractivity contribution in [2.24, 2.45) is 0 Å². The van der Waals surface area contributed by atoms with Crippen LogP contribution in [0.4, 0.5) is 5.69 Å². The van der Waals surface area contributed by atoms with Crippen LogP contribution in [0.25, 0.3) is 0 Å². The van der Waals surface area contributed by atoms with E-state index in [4.69, 9.17) is 11.6 Å². The molecule has 0 unspecified atom stereocenters. The zero-order valence-electron chi connectivity index (χ0n) is 6.30. The Bertz CT molecular complexity index is 292. The van der Waals surface area contributed by atoms with Crippen molar-refractivity contribution in [1.29, 1.82) is 0 Å². The first-order valence-corrected chi connectivity index (χ1v) is 3.71. The van der Waals surface area contributed by atoms with Crippen molar-refractivity contribution in [2.75, 3.05) is 5.32 Å². The van der Waals surface area contributed by atoms with Crippen LogP contribution in [0.2, 0.25) is 5.02 Å². The van der Waals surface area contributed by atoms with Crippen molar-refractivity contribution in [3.63, 3.8) is 0 Å². The molecular weight excluding hydrogens is 174 g/mol. The number of rotatable bonds is 2. The third kappa shape index (κ3) is 2.40. The second-order valence-corrected chi connectivity index (χ2v) is 2.53. The average Bonchev–Trinajstić information content (AvgIpc) is 2.09. The predicted octanol–water partition coefficient (Wildman–Crippen LogP) is 2.26. The highest BCUT2D eigenvalue weighted by atomic mass is 35.5. The molecule has 0 atom stereocenters. The third-order valence-corrected chi connectivity index (χ3v) is 1.46. The highest BCUT2D eigenvalue weighted by Gasteiger charge is 1.95. The molecule has 1 N–H and O–H groups in total. The standard InChI is InChI=1S/C9H7ClNO/c1-2-9(12)11-8-5-3-7(10)4-6-8/h2-3,5-6H,1H2,(H,11,12). The van der Waals surface area contributed by atoms with Gasteiger partial charge in [-0.2, -0.15) is 0 Å². The summed E-state index contributed by atoms with van der Waals surface area (Å²) in [5.41, 5.74) is 0.657. The van der Waals surface area contributed by atoms with Crippen LogP contribution in [0.1, 0.15) is 0 Å². The summed E-state index contributed by atoms with van der Waals surface area (Å²) in [5, 5.41) is 3.09. The predicted molar refractivity (Wildman–Crippen MR) is 49.1 cm³/mol. The Labute approximate surface area is 75.9 Å². The molecule has 0 aliphatic heterocycles. The second-order valence-electron chi connectivity index (χ2n) is 2.12. The lowest BCUT2D eigenvalue weighted by Gasteiger charge is -2.00. The maximum absolute atomic E-state index is 10.8. The second kappa shape index (κ2) is 3.93. The summed E-state index contributed by atoms with van der Waals surface area (Å²) in [6, 6.07) is 7.69. The SMILES string of the molecule is C=CC(=O)Nc1c[c]c(Cl)cc1. The summed E-state index contributed by atoms with van der Waals surface area (Å²) >= 11 is 5.59. The maximum Gasteiger partial charge on any atom is 0.247 e. The molecule has 1 radical (unpaired) electrons. The van der Waals surface area contributed by atoms with Gasteiger partial charge in [-0.15, -0.1) is 0 Å². The molecule has 0 spiro atoms. The van der Waals surface area contributed by atoms with Gasteiger partial charge >= 0.3 is 0 Å². The fourth-order valence-electron chi connectivity index (χ4n) is 0.677. The van der Waals surface area contributed by atoms with Gasteiger partial charge < -0.3 is 5.32 Å². The van der Waals surface area contributed by atoms with Crippen LogP contribution < -0.4 is 5.32 Å². The number of hydrogen-bond donors (Lipinski definition) is 1. The van der Waals surface area contributed by atoms with E-state index in [-0.39, 0.29) is 5.91 Å². The Morgan fingerprint density at radius 1 is 1.67 bits per heavy atom. The smallest absolute Gasteiger partial charge is 0.247 e. The molecular formula is C9H7ClNO. The molecule has 0 saturated heterocycles. The Balaban J connectivity index is 2.71. The minimum atomic E-state index is -0.245. The van der Waals surface area contributed by atoms with Gasteiger partial charge in [0.25, 0.3) is 0 Å². The molecule has 1 rings (SSSR count). The molecule has 0 aromatic heterocycles. The van der Waals surface area contributed by atoms with Gasteiger partial charge in [-0.25, -0.2) is 0 Å². The number of anilines is 1. The van der Waals surface area contributed by atoms with Gasteiger partial charge in [0, 0.05) is 16.8 Å². The molecule has 0 saturated carbocycles. The molecule has 2 nitrogen and oxygen atoms in total. The lowest BCUT2D eigenvalue weighted by molar-refractivity contribution is -0.111. The van der Waals surface area contributed by atoms with Crippen LogP contribution >= 0.6 is 11.6 Å². The fraction of sp³-hybridized carbons (Fsp3) is 0. The largest absolute Gasteiger partial charge is 0.323 e. The number of carbonyl (C=O) groups excluding carboxylic acids is 1. The van der Waals surface area contributed by atoms with Crippen LogP contribution in [0.3, 0.4) is 0 Å². The van der Waals surface area contributed by atoms with Gasteiger partial charge in [0.05, 0.1) is 0 Å². The first kappa shape index (κ1) is 8.81. The van der Waals surface area contributed by atoms with E-state index in [0.29, 0.717) is 10.7 Å². The van der Waals surface area contributed by atoms with Crippen molar-refractivity contribution in [1.82, 2.24) is 0 Å². The number of amides is 1. The van der Waals surface area contributed by atoms with Gasteiger partial charge in [-0.3, -0.25) is 4.79 Å². The lowest BCUT2D eigenvalue weighted by atomic mass is 10.3. The van der Waals surface area contributed by atoms with Crippen molar-refractivity contribution >= 4 is 23.2 Å². The fourth-order valence-corrected chi connectivity index (χ4v) is 0.794. The van der Waals surface area contributed by atoms with Crippen molar-refractivity contribution in [2.45, 2.75) is 0 Å². The first-order chi connectivity index (χ1) is 5.72. The van der Waals surface area contributed by atoms with Crippen LogP contribution in [0.15, 0.2) is 30.9 Å². The van der Waals surface area contributed by atoms with Gasteiger partial charge in [-0.1, -0.05) is 18.2 Å². The number of benzene rings is 1. The van der Waals surface area contributed by atoms with Crippen molar-refractivity contribution in [3.05, 3.63) is 41.9 Å². The number of halogens is 1. The summed E-state index contributed by atoms with van der Waals surface area (Å²) in [6.45, 7) is 3.33. The van der Waals surface area contributed by atoms with E-state index in [0.717, 1.165) is 0 Å². The first-order valence-electron chi connectivity index (χ1n) is 3.33. The number of hydrogen-bond acceptors (Lipinski definition) is 1. The Hall–Kier alpha value is -1.28. The van der Waals surface area contributed by atoms with Crippen LogP contribution in [0.5, 0.6) is 0 Å². The Morgan fingerprint density at radius 3 is 2.92 bits per heavy atom. The summed E-state index contributed by atoms with van der Waals surface area (Å²) < 4.78 is 0.